The van der Waals surface area contributed by atoms with E-state index in [1.165, 1.54) is 0 Å². The Morgan fingerprint density at radius 1 is 1.42 bits per heavy atom. The Balaban J connectivity index is 2.03. The van der Waals surface area contributed by atoms with E-state index in [1.54, 1.807) is 12.1 Å². The van der Waals surface area contributed by atoms with Gasteiger partial charge in [-0.2, -0.15) is 0 Å². The fourth-order valence-electron chi connectivity index (χ4n) is 2.24. The summed E-state index contributed by atoms with van der Waals surface area (Å²) in [5.74, 6) is 0.0944. The van der Waals surface area contributed by atoms with Gasteiger partial charge in [0.1, 0.15) is 0 Å². The molecule has 1 aliphatic heterocycles. The van der Waals surface area contributed by atoms with E-state index >= 15 is 0 Å². The molecule has 1 aliphatic rings. The molecule has 1 aromatic rings. The molecule has 1 atom stereocenters. The van der Waals surface area contributed by atoms with Crippen molar-refractivity contribution in [1.29, 1.82) is 0 Å². The molecule has 1 unspecified atom stereocenters. The minimum atomic E-state index is -3.37. The van der Waals surface area contributed by atoms with Gasteiger partial charge in [0, 0.05) is 6.04 Å². The second-order valence-electron chi connectivity index (χ2n) is 5.01. The van der Waals surface area contributed by atoms with Gasteiger partial charge in [-0.1, -0.05) is 24.1 Å². The maximum Gasteiger partial charge on any atom is 0.234 e. The van der Waals surface area contributed by atoms with Crippen molar-refractivity contribution in [2.75, 3.05) is 17.0 Å². The summed E-state index contributed by atoms with van der Waals surface area (Å²) in [7, 11) is -3.37. The minimum absolute atomic E-state index is 0.0375. The van der Waals surface area contributed by atoms with Crippen LogP contribution in [-0.2, 0) is 10.0 Å². The summed E-state index contributed by atoms with van der Waals surface area (Å²) >= 11 is 6.04. The number of halogens is 1. The van der Waals surface area contributed by atoms with E-state index in [0.29, 0.717) is 10.7 Å². The summed E-state index contributed by atoms with van der Waals surface area (Å²) in [6.45, 7) is 2.81. The standard InChI is InChI=1S/C13H19ClN2O2S/c1-10-5-6-13(12(14)8-10)16-19(17,18)9-11-4-2-3-7-15-11/h5-6,8,11,15-16H,2-4,7,9H2,1H3. The summed E-state index contributed by atoms with van der Waals surface area (Å²) in [6, 6.07) is 5.32. The third-order valence-corrected chi connectivity index (χ3v) is 4.91. The van der Waals surface area contributed by atoms with Crippen LogP contribution < -0.4 is 10.0 Å². The van der Waals surface area contributed by atoms with Gasteiger partial charge in [-0.05, 0) is 44.0 Å². The van der Waals surface area contributed by atoms with Gasteiger partial charge < -0.3 is 5.32 Å². The number of anilines is 1. The highest BCUT2D eigenvalue weighted by atomic mass is 35.5. The normalized spacial score (nSPS) is 20.2. The van der Waals surface area contributed by atoms with Crippen molar-refractivity contribution in [3.05, 3.63) is 28.8 Å². The molecule has 0 spiro atoms. The molecule has 0 aromatic heterocycles. The predicted molar refractivity (Wildman–Crippen MR) is 79.2 cm³/mol. The molecule has 0 bridgehead atoms. The average molecular weight is 303 g/mol. The van der Waals surface area contributed by atoms with Crippen LogP contribution in [0.1, 0.15) is 24.8 Å². The number of rotatable bonds is 4. The molecule has 0 aliphatic carbocycles. The van der Waals surface area contributed by atoms with Crippen molar-refractivity contribution >= 4 is 27.3 Å². The number of piperidine rings is 1. The van der Waals surface area contributed by atoms with E-state index in [1.807, 2.05) is 13.0 Å². The first kappa shape index (κ1) is 14.6. The monoisotopic (exact) mass is 302 g/mol. The molecule has 1 fully saturated rings. The molecule has 0 radical (unpaired) electrons. The third kappa shape index (κ3) is 4.37. The molecule has 4 nitrogen and oxygen atoms in total. The maximum atomic E-state index is 12.1. The van der Waals surface area contributed by atoms with Crippen molar-refractivity contribution < 1.29 is 8.42 Å². The smallest absolute Gasteiger partial charge is 0.234 e. The minimum Gasteiger partial charge on any atom is -0.313 e. The van der Waals surface area contributed by atoms with Crippen LogP contribution in [0, 0.1) is 6.92 Å². The Hall–Kier alpha value is -0.780. The van der Waals surface area contributed by atoms with Gasteiger partial charge in [0.15, 0.2) is 0 Å². The first-order valence-corrected chi connectivity index (χ1v) is 8.49. The van der Waals surface area contributed by atoms with E-state index in [-0.39, 0.29) is 11.8 Å². The molecule has 1 heterocycles. The Morgan fingerprint density at radius 3 is 2.84 bits per heavy atom. The van der Waals surface area contributed by atoms with Crippen LogP contribution in [0.25, 0.3) is 0 Å². The average Bonchev–Trinajstić information content (AvgIpc) is 2.33. The molecule has 1 aromatic carbocycles. The van der Waals surface area contributed by atoms with Crippen LogP contribution in [0.5, 0.6) is 0 Å². The van der Waals surface area contributed by atoms with E-state index in [0.717, 1.165) is 31.4 Å². The first-order valence-electron chi connectivity index (χ1n) is 6.46. The fraction of sp³-hybridized carbons (Fsp3) is 0.538. The molecule has 1 saturated heterocycles. The molecular formula is C13H19ClN2O2S. The van der Waals surface area contributed by atoms with Crippen molar-refractivity contribution in [2.45, 2.75) is 32.2 Å². The van der Waals surface area contributed by atoms with Crippen LogP contribution in [0.4, 0.5) is 5.69 Å². The van der Waals surface area contributed by atoms with Gasteiger partial charge in [-0.15, -0.1) is 0 Å². The van der Waals surface area contributed by atoms with Crippen molar-refractivity contribution in [3.8, 4) is 0 Å². The van der Waals surface area contributed by atoms with E-state index in [9.17, 15) is 8.42 Å². The van der Waals surface area contributed by atoms with Gasteiger partial charge in [0.2, 0.25) is 10.0 Å². The lowest BCUT2D eigenvalue weighted by molar-refractivity contribution is 0.424. The van der Waals surface area contributed by atoms with Gasteiger partial charge in [-0.3, -0.25) is 4.72 Å². The number of nitrogens with one attached hydrogen (secondary N) is 2. The number of aryl methyl sites for hydroxylation is 1. The highest BCUT2D eigenvalue weighted by Gasteiger charge is 2.21. The van der Waals surface area contributed by atoms with Gasteiger partial charge >= 0.3 is 0 Å². The topological polar surface area (TPSA) is 58.2 Å². The van der Waals surface area contributed by atoms with Crippen LogP contribution in [-0.4, -0.2) is 26.8 Å². The SMILES string of the molecule is Cc1ccc(NS(=O)(=O)CC2CCCCN2)c(Cl)c1. The van der Waals surface area contributed by atoms with Gasteiger partial charge in [0.05, 0.1) is 16.5 Å². The summed E-state index contributed by atoms with van der Waals surface area (Å²) < 4.78 is 26.8. The number of hydrogen-bond donors (Lipinski definition) is 2. The molecule has 6 heteroatoms. The molecular weight excluding hydrogens is 284 g/mol. The molecule has 2 N–H and O–H groups in total. The molecule has 0 amide bonds. The highest BCUT2D eigenvalue weighted by Crippen LogP contribution is 2.24. The first-order chi connectivity index (χ1) is 8.96. The van der Waals surface area contributed by atoms with Crippen molar-refractivity contribution in [1.82, 2.24) is 5.32 Å². The Labute approximate surface area is 119 Å². The molecule has 106 valence electrons. The van der Waals surface area contributed by atoms with Gasteiger partial charge in [0.25, 0.3) is 0 Å². The highest BCUT2D eigenvalue weighted by molar-refractivity contribution is 7.92. The zero-order valence-electron chi connectivity index (χ0n) is 10.9. The van der Waals surface area contributed by atoms with Crippen LogP contribution in [0.3, 0.4) is 0 Å². The van der Waals surface area contributed by atoms with Crippen LogP contribution >= 0.6 is 11.6 Å². The second kappa shape index (κ2) is 6.11. The van der Waals surface area contributed by atoms with Crippen molar-refractivity contribution in [3.63, 3.8) is 0 Å². The Morgan fingerprint density at radius 2 is 2.21 bits per heavy atom. The largest absolute Gasteiger partial charge is 0.313 e. The lowest BCUT2D eigenvalue weighted by atomic mass is 10.1. The second-order valence-corrected chi connectivity index (χ2v) is 7.19. The quantitative estimate of drug-likeness (QED) is 0.898. The summed E-state index contributed by atoms with van der Waals surface area (Å²) in [6.07, 6.45) is 3.11. The van der Waals surface area contributed by atoms with E-state index in [2.05, 4.69) is 10.0 Å². The zero-order valence-corrected chi connectivity index (χ0v) is 12.5. The van der Waals surface area contributed by atoms with Crippen molar-refractivity contribution in [2.24, 2.45) is 0 Å². The lowest BCUT2D eigenvalue weighted by Gasteiger charge is -2.23. The number of benzene rings is 1. The van der Waals surface area contributed by atoms with Gasteiger partial charge in [-0.25, -0.2) is 8.42 Å². The van der Waals surface area contributed by atoms with Crippen LogP contribution in [0.2, 0.25) is 5.02 Å². The number of sulfonamides is 1. The fourth-order valence-corrected chi connectivity index (χ4v) is 3.99. The Bertz CT molecular complexity index is 540. The van der Waals surface area contributed by atoms with E-state index < -0.39 is 10.0 Å². The third-order valence-electron chi connectivity index (χ3n) is 3.22. The van der Waals surface area contributed by atoms with E-state index in [4.69, 9.17) is 11.6 Å². The predicted octanol–water partition coefficient (Wildman–Crippen LogP) is 2.53. The summed E-state index contributed by atoms with van der Waals surface area (Å²) in [5.41, 5.74) is 1.45. The molecule has 2 rings (SSSR count). The zero-order chi connectivity index (χ0) is 13.9. The van der Waals surface area contributed by atoms with Crippen LogP contribution in [0.15, 0.2) is 18.2 Å². The Kier molecular flexibility index (Phi) is 4.71. The lowest BCUT2D eigenvalue weighted by Crippen LogP contribution is -2.40. The summed E-state index contributed by atoms with van der Waals surface area (Å²) in [5, 5.41) is 3.66. The maximum absolute atomic E-state index is 12.1. The summed E-state index contributed by atoms with van der Waals surface area (Å²) in [4.78, 5) is 0. The number of hydrogen-bond acceptors (Lipinski definition) is 3. The molecule has 19 heavy (non-hydrogen) atoms. The molecule has 0 saturated carbocycles.